The number of carbonyl (C=O) groups excluding carboxylic acids is 2. The lowest BCUT2D eigenvalue weighted by molar-refractivity contribution is -0.145. The molecule has 0 aliphatic rings. The number of amides is 1. The number of phenolic OH excluding ortho intramolecular Hbond substituents is 1. The van der Waals surface area contributed by atoms with Gasteiger partial charge in [0.2, 0.25) is 5.89 Å². The number of halogens is 2. The number of aromatic nitrogens is 1. The highest BCUT2D eigenvalue weighted by Crippen LogP contribution is 2.32. The van der Waals surface area contributed by atoms with Gasteiger partial charge in [0.1, 0.15) is 12.0 Å². The first-order valence-electron chi connectivity index (χ1n) is 9.75. The Balaban J connectivity index is 1.62. The number of ether oxygens (including phenoxy) is 3. The maximum atomic E-state index is 12.6. The Morgan fingerprint density at radius 1 is 1.18 bits per heavy atom. The second kappa shape index (κ2) is 10.9. The monoisotopic (exact) mass is 462 g/mol. The van der Waals surface area contributed by atoms with E-state index in [-0.39, 0.29) is 42.7 Å². The molecule has 2 aromatic carbocycles. The number of para-hydroxylation sites is 1. The van der Waals surface area contributed by atoms with E-state index < -0.39 is 24.2 Å². The minimum atomic E-state index is -3.07. The molecule has 0 bridgehead atoms. The molecule has 2 N–H and O–H groups in total. The molecule has 1 heterocycles. The van der Waals surface area contributed by atoms with Crippen LogP contribution in [0.25, 0.3) is 11.5 Å². The molecule has 0 atom stereocenters. The molecule has 11 heteroatoms. The van der Waals surface area contributed by atoms with Gasteiger partial charge in [-0.05, 0) is 37.3 Å². The van der Waals surface area contributed by atoms with Crippen molar-refractivity contribution in [2.24, 2.45) is 0 Å². The first-order valence-corrected chi connectivity index (χ1v) is 9.75. The zero-order valence-electron chi connectivity index (χ0n) is 17.4. The number of phenols is 1. The van der Waals surface area contributed by atoms with Gasteiger partial charge in [-0.25, -0.2) is 9.78 Å². The van der Waals surface area contributed by atoms with E-state index in [1.54, 1.807) is 25.1 Å². The summed E-state index contributed by atoms with van der Waals surface area (Å²) in [4.78, 5) is 28.3. The van der Waals surface area contributed by atoms with Crippen LogP contribution < -0.4 is 14.8 Å². The van der Waals surface area contributed by atoms with Crippen molar-refractivity contribution in [3.8, 4) is 28.7 Å². The Kier molecular flexibility index (Phi) is 7.79. The fraction of sp³-hybridized carbons (Fsp3) is 0.227. The van der Waals surface area contributed by atoms with Crippen molar-refractivity contribution in [2.75, 3.05) is 13.2 Å². The molecule has 1 amide bonds. The summed E-state index contributed by atoms with van der Waals surface area (Å²) >= 11 is 0. The third-order valence-corrected chi connectivity index (χ3v) is 4.19. The molecule has 3 rings (SSSR count). The minimum Gasteiger partial charge on any atom is -0.504 e. The smallest absolute Gasteiger partial charge is 0.387 e. The van der Waals surface area contributed by atoms with Crippen LogP contribution in [0, 0.1) is 0 Å². The Bertz CT molecular complexity index is 1120. The molecule has 0 aliphatic heterocycles. The lowest BCUT2D eigenvalue weighted by Crippen LogP contribution is -2.24. The van der Waals surface area contributed by atoms with E-state index in [1.165, 1.54) is 24.5 Å². The molecular formula is C22H20F2N2O7. The summed E-state index contributed by atoms with van der Waals surface area (Å²) < 4.78 is 44.3. The number of esters is 1. The van der Waals surface area contributed by atoms with Gasteiger partial charge in [0.05, 0.1) is 24.4 Å². The zero-order valence-corrected chi connectivity index (χ0v) is 17.4. The van der Waals surface area contributed by atoms with Crippen molar-refractivity contribution in [3.63, 3.8) is 0 Å². The van der Waals surface area contributed by atoms with Gasteiger partial charge in [-0.15, -0.1) is 0 Å². The molecule has 9 nitrogen and oxygen atoms in total. The standard InChI is InChI=1S/C22H20F2N2O7/c1-2-30-19(28)12-31-17-6-4-3-5-15(17)20(29)25-10-14-11-32-21(26-14)13-7-8-18(16(27)9-13)33-22(23)24/h3-9,11,22,27H,2,10,12H2,1H3,(H,25,29). The predicted molar refractivity (Wildman–Crippen MR) is 110 cm³/mol. The highest BCUT2D eigenvalue weighted by Gasteiger charge is 2.16. The largest absolute Gasteiger partial charge is 0.504 e. The van der Waals surface area contributed by atoms with Crippen LogP contribution in [0.2, 0.25) is 0 Å². The van der Waals surface area contributed by atoms with E-state index in [2.05, 4.69) is 15.0 Å². The third-order valence-electron chi connectivity index (χ3n) is 4.19. The summed E-state index contributed by atoms with van der Waals surface area (Å²) in [7, 11) is 0. The van der Waals surface area contributed by atoms with Gasteiger partial charge >= 0.3 is 12.6 Å². The quantitative estimate of drug-likeness (QED) is 0.439. The second-order valence-electron chi connectivity index (χ2n) is 6.48. The van der Waals surface area contributed by atoms with Gasteiger partial charge < -0.3 is 29.1 Å². The van der Waals surface area contributed by atoms with Gasteiger partial charge in [0.25, 0.3) is 5.91 Å². The van der Waals surface area contributed by atoms with Crippen molar-refractivity contribution >= 4 is 11.9 Å². The number of hydrogen-bond acceptors (Lipinski definition) is 8. The first-order chi connectivity index (χ1) is 15.9. The average Bonchev–Trinajstić information content (AvgIpc) is 3.26. The highest BCUT2D eigenvalue weighted by atomic mass is 19.3. The number of alkyl halides is 2. The van der Waals surface area contributed by atoms with Crippen LogP contribution in [0.3, 0.4) is 0 Å². The maximum Gasteiger partial charge on any atom is 0.387 e. The summed E-state index contributed by atoms with van der Waals surface area (Å²) in [5.41, 5.74) is 0.908. The Hall–Kier alpha value is -4.15. The Labute approximate surface area is 186 Å². The summed E-state index contributed by atoms with van der Waals surface area (Å²) in [5.74, 6) is -1.58. The molecule has 3 aromatic rings. The molecule has 0 saturated heterocycles. The molecule has 0 saturated carbocycles. The molecule has 1 aromatic heterocycles. The van der Waals surface area contributed by atoms with Crippen molar-refractivity contribution in [2.45, 2.75) is 20.1 Å². The number of rotatable bonds is 10. The van der Waals surface area contributed by atoms with Crippen molar-refractivity contribution in [3.05, 3.63) is 60.0 Å². The summed E-state index contributed by atoms with van der Waals surface area (Å²) in [5, 5.41) is 12.5. The van der Waals surface area contributed by atoms with Gasteiger partial charge in [-0.3, -0.25) is 4.79 Å². The number of hydrogen-bond donors (Lipinski definition) is 2. The lowest BCUT2D eigenvalue weighted by Gasteiger charge is -2.10. The fourth-order valence-electron chi connectivity index (χ4n) is 2.75. The molecule has 0 spiro atoms. The SMILES string of the molecule is CCOC(=O)COc1ccccc1C(=O)NCc1coc(-c2ccc(OC(F)F)c(O)c2)n1. The van der Waals surface area contributed by atoms with E-state index in [0.717, 1.165) is 6.07 Å². The van der Waals surface area contributed by atoms with E-state index in [4.69, 9.17) is 13.9 Å². The van der Waals surface area contributed by atoms with Crippen LogP contribution in [0.4, 0.5) is 8.78 Å². The fourth-order valence-corrected chi connectivity index (χ4v) is 2.75. The van der Waals surface area contributed by atoms with Crippen LogP contribution in [-0.4, -0.2) is 41.8 Å². The zero-order chi connectivity index (χ0) is 23.8. The average molecular weight is 462 g/mol. The van der Waals surface area contributed by atoms with Crippen LogP contribution in [-0.2, 0) is 16.1 Å². The van der Waals surface area contributed by atoms with Gasteiger partial charge in [0, 0.05) is 5.56 Å². The van der Waals surface area contributed by atoms with E-state index in [1.807, 2.05) is 0 Å². The number of benzene rings is 2. The van der Waals surface area contributed by atoms with E-state index in [0.29, 0.717) is 11.3 Å². The van der Waals surface area contributed by atoms with E-state index in [9.17, 15) is 23.5 Å². The van der Waals surface area contributed by atoms with Crippen LogP contribution in [0.15, 0.2) is 53.1 Å². The Morgan fingerprint density at radius 3 is 2.70 bits per heavy atom. The maximum absolute atomic E-state index is 12.6. The summed E-state index contributed by atoms with van der Waals surface area (Å²) in [6.07, 6.45) is 1.30. The van der Waals surface area contributed by atoms with Crippen LogP contribution in [0.5, 0.6) is 17.2 Å². The highest BCUT2D eigenvalue weighted by molar-refractivity contribution is 5.96. The minimum absolute atomic E-state index is 0.00705. The van der Waals surface area contributed by atoms with Gasteiger partial charge in [0.15, 0.2) is 18.1 Å². The molecular weight excluding hydrogens is 442 g/mol. The van der Waals surface area contributed by atoms with Crippen LogP contribution in [0.1, 0.15) is 23.0 Å². The molecule has 33 heavy (non-hydrogen) atoms. The van der Waals surface area contributed by atoms with Crippen molar-refractivity contribution in [1.29, 1.82) is 0 Å². The number of oxazole rings is 1. The van der Waals surface area contributed by atoms with Crippen molar-refractivity contribution in [1.82, 2.24) is 10.3 Å². The number of aromatic hydroxyl groups is 1. The van der Waals surface area contributed by atoms with Gasteiger partial charge in [-0.1, -0.05) is 12.1 Å². The topological polar surface area (TPSA) is 120 Å². The summed E-state index contributed by atoms with van der Waals surface area (Å²) in [6.45, 7) is -1.50. The van der Waals surface area contributed by atoms with Crippen molar-refractivity contribution < 1.29 is 42.1 Å². The Morgan fingerprint density at radius 2 is 1.97 bits per heavy atom. The second-order valence-corrected chi connectivity index (χ2v) is 6.48. The predicted octanol–water partition coefficient (Wildman–Crippen LogP) is 3.52. The molecule has 0 radical (unpaired) electrons. The molecule has 0 aliphatic carbocycles. The molecule has 0 fully saturated rings. The number of carbonyl (C=O) groups is 2. The number of nitrogens with one attached hydrogen (secondary N) is 1. The third kappa shape index (κ3) is 6.42. The molecule has 174 valence electrons. The van der Waals surface area contributed by atoms with Crippen LogP contribution >= 0.6 is 0 Å². The molecule has 0 unspecified atom stereocenters. The van der Waals surface area contributed by atoms with E-state index >= 15 is 0 Å². The lowest BCUT2D eigenvalue weighted by atomic mass is 10.2. The van der Waals surface area contributed by atoms with Gasteiger partial charge in [-0.2, -0.15) is 8.78 Å². The normalized spacial score (nSPS) is 10.7. The number of nitrogens with zero attached hydrogens (tertiary/aromatic N) is 1. The summed E-state index contributed by atoms with van der Waals surface area (Å²) in [6, 6.07) is 10.1. The first kappa shape index (κ1) is 23.5.